The number of nitrogens with two attached hydrogens (primary N) is 1. The number of hydrogen-bond donors (Lipinski definition) is 2. The Bertz CT molecular complexity index is 1410. The topological polar surface area (TPSA) is 120 Å². The molecule has 2 aliphatic carbocycles. The van der Waals surface area contributed by atoms with E-state index < -0.39 is 36.5 Å². The number of nitrogens with zero attached hydrogens (tertiary/aromatic N) is 5. The van der Waals surface area contributed by atoms with Gasteiger partial charge in [-0.3, -0.25) is 14.3 Å². The van der Waals surface area contributed by atoms with E-state index in [1.54, 1.807) is 33.7 Å². The van der Waals surface area contributed by atoms with Crippen molar-refractivity contribution in [2.75, 3.05) is 0 Å². The lowest BCUT2D eigenvalue weighted by molar-refractivity contribution is -0.122. The van der Waals surface area contributed by atoms with E-state index in [9.17, 15) is 27.2 Å². The molecule has 3 N–H and O–H groups in total. The zero-order valence-corrected chi connectivity index (χ0v) is 23.1. The highest BCUT2D eigenvalue weighted by molar-refractivity contribution is 5.91. The summed E-state index contributed by atoms with van der Waals surface area (Å²) in [5.41, 5.74) is 8.19. The number of rotatable bonds is 11. The molecule has 3 aromatic heterocycles. The predicted octanol–water partition coefficient (Wildman–Crippen LogP) is 5.18. The molecule has 5 rings (SSSR count). The molecule has 0 spiro atoms. The second-order valence-corrected chi connectivity index (χ2v) is 11.6. The third-order valence-corrected chi connectivity index (χ3v) is 8.09. The highest BCUT2D eigenvalue weighted by atomic mass is 19.3. The van der Waals surface area contributed by atoms with E-state index in [0.717, 1.165) is 18.4 Å². The minimum Gasteiger partial charge on any atom is -0.364 e. The highest BCUT2D eigenvalue weighted by Gasteiger charge is 2.41. The van der Waals surface area contributed by atoms with Gasteiger partial charge in [0.15, 0.2) is 5.65 Å². The zero-order chi connectivity index (χ0) is 29.5. The molecule has 0 bridgehead atoms. The molecule has 0 aromatic carbocycles. The third-order valence-electron chi connectivity index (χ3n) is 8.09. The number of amides is 2. The Morgan fingerprint density at radius 2 is 1.80 bits per heavy atom. The largest absolute Gasteiger partial charge is 0.364 e. The van der Waals surface area contributed by atoms with E-state index in [1.807, 2.05) is 13.8 Å². The van der Waals surface area contributed by atoms with Crippen molar-refractivity contribution in [3.8, 4) is 0 Å². The van der Waals surface area contributed by atoms with Crippen molar-refractivity contribution in [1.29, 1.82) is 0 Å². The van der Waals surface area contributed by atoms with Crippen LogP contribution in [0.15, 0.2) is 24.5 Å². The summed E-state index contributed by atoms with van der Waals surface area (Å²) < 4.78 is 56.5. The molecule has 0 unspecified atom stereocenters. The number of nitrogens with one attached hydrogen (secondary N) is 1. The minimum atomic E-state index is -2.72. The van der Waals surface area contributed by atoms with E-state index in [4.69, 9.17) is 10.7 Å². The molecule has 2 amide bonds. The van der Waals surface area contributed by atoms with Crippen molar-refractivity contribution in [3.05, 3.63) is 47.2 Å². The van der Waals surface area contributed by atoms with Crippen LogP contribution in [0.5, 0.6) is 0 Å². The molecule has 9 nitrogen and oxygen atoms in total. The van der Waals surface area contributed by atoms with Gasteiger partial charge in [0.2, 0.25) is 18.3 Å². The molecule has 222 valence electrons. The molecule has 41 heavy (non-hydrogen) atoms. The Labute approximate surface area is 234 Å². The number of hydrogen-bond acceptors (Lipinski definition) is 5. The molecule has 0 saturated heterocycles. The number of imidazole rings is 1. The molecule has 2 fully saturated rings. The van der Waals surface area contributed by atoms with Gasteiger partial charge in [0, 0.05) is 37.6 Å². The second kappa shape index (κ2) is 11.4. The van der Waals surface area contributed by atoms with Crippen molar-refractivity contribution >= 4 is 17.5 Å². The Morgan fingerprint density at radius 3 is 2.39 bits per heavy atom. The van der Waals surface area contributed by atoms with Crippen LogP contribution in [0.25, 0.3) is 5.65 Å². The third kappa shape index (κ3) is 6.54. The average Bonchev–Trinajstić information content (AvgIpc) is 3.50. The van der Waals surface area contributed by atoms with E-state index in [-0.39, 0.29) is 61.7 Å². The molecule has 13 heteroatoms. The first-order valence-corrected chi connectivity index (χ1v) is 14.1. The molecule has 3 aromatic rings. The quantitative estimate of drug-likeness (QED) is 0.305. The maximum absolute atomic E-state index is 14.1. The van der Waals surface area contributed by atoms with Crippen LogP contribution < -0.4 is 11.1 Å². The normalized spacial score (nSPS) is 19.1. The predicted molar refractivity (Wildman–Crippen MR) is 142 cm³/mol. The molecular formula is C28H35F4N7O2. The fourth-order valence-electron chi connectivity index (χ4n) is 5.79. The van der Waals surface area contributed by atoms with Crippen molar-refractivity contribution in [1.82, 2.24) is 29.7 Å². The first-order chi connectivity index (χ1) is 19.4. The molecule has 3 heterocycles. The number of aromatic nitrogens is 5. The monoisotopic (exact) mass is 577 g/mol. The van der Waals surface area contributed by atoms with Gasteiger partial charge in [-0.15, -0.1) is 0 Å². The van der Waals surface area contributed by atoms with Gasteiger partial charge < -0.3 is 11.1 Å². The summed E-state index contributed by atoms with van der Waals surface area (Å²) >= 11 is 0. The number of fused-ring (bicyclic) bond motifs is 1. The van der Waals surface area contributed by atoms with Gasteiger partial charge in [-0.25, -0.2) is 27.1 Å². The zero-order valence-electron chi connectivity index (χ0n) is 23.1. The number of carbonyl (C=O) groups is 2. The van der Waals surface area contributed by atoms with Gasteiger partial charge >= 0.3 is 0 Å². The number of alkyl halides is 4. The lowest BCUT2D eigenvalue weighted by Gasteiger charge is -2.32. The van der Waals surface area contributed by atoms with Crippen molar-refractivity contribution < 1.29 is 27.2 Å². The number of halogens is 4. The standard InChI is InChI=1S/C28H35F4N7O2/c1-15(2)39-21(27(33)41)12-19(37-39)25(16-7-9-28(31,32)10-8-16)20-14-38-23(35-20)11-18(13-34-38)26(17-3-4-17)36-24(40)6-5-22(29)30/h11-17,22,25-26H,3-10H2,1-2H3,(H2,33,41)(H,36,40)/t25-,26-/m1/s1. The Hall–Kier alpha value is -3.51. The van der Waals surface area contributed by atoms with E-state index in [2.05, 4.69) is 15.5 Å². The summed E-state index contributed by atoms with van der Waals surface area (Å²) in [6.07, 6.45) is 1.91. The summed E-state index contributed by atoms with van der Waals surface area (Å²) in [6.45, 7) is 3.75. The van der Waals surface area contributed by atoms with Gasteiger partial charge in [0.25, 0.3) is 5.91 Å². The molecular weight excluding hydrogens is 542 g/mol. The Kier molecular flexibility index (Phi) is 8.06. The number of carbonyl (C=O) groups excluding carboxylic acids is 2. The summed E-state index contributed by atoms with van der Waals surface area (Å²) in [5.74, 6) is -4.26. The van der Waals surface area contributed by atoms with Crippen LogP contribution in [-0.4, -0.2) is 48.5 Å². The fraction of sp³-hybridized carbons (Fsp3) is 0.607. The van der Waals surface area contributed by atoms with Crippen LogP contribution in [0.2, 0.25) is 0 Å². The lowest BCUT2D eigenvalue weighted by Crippen LogP contribution is -2.30. The van der Waals surface area contributed by atoms with E-state index in [0.29, 0.717) is 17.0 Å². The van der Waals surface area contributed by atoms with Gasteiger partial charge in [-0.2, -0.15) is 10.2 Å². The van der Waals surface area contributed by atoms with Crippen LogP contribution >= 0.6 is 0 Å². The van der Waals surface area contributed by atoms with Gasteiger partial charge in [0.1, 0.15) is 5.69 Å². The van der Waals surface area contributed by atoms with Crippen molar-refractivity contribution in [2.24, 2.45) is 17.6 Å². The summed E-state index contributed by atoms with van der Waals surface area (Å²) in [7, 11) is 0. The number of primary amides is 1. The lowest BCUT2D eigenvalue weighted by atomic mass is 9.76. The average molecular weight is 578 g/mol. The van der Waals surface area contributed by atoms with Gasteiger partial charge in [-0.05, 0) is 69.1 Å². The summed E-state index contributed by atoms with van der Waals surface area (Å²) in [6, 6.07) is 2.92. The minimum absolute atomic E-state index is 0.150. The SMILES string of the molecule is CC(C)n1nc([C@H](c2cn3ncc([C@H](NC(=O)CCC(F)F)C4CC4)cc3n2)C2CCC(F)(F)CC2)cc1C(N)=O. The fourth-order valence-corrected chi connectivity index (χ4v) is 5.79. The first kappa shape index (κ1) is 29.0. The van der Waals surface area contributed by atoms with Crippen LogP contribution in [0.4, 0.5) is 17.6 Å². The smallest absolute Gasteiger partial charge is 0.266 e. The van der Waals surface area contributed by atoms with Crippen LogP contribution in [0.3, 0.4) is 0 Å². The molecule has 2 saturated carbocycles. The molecule has 0 radical (unpaired) electrons. The maximum Gasteiger partial charge on any atom is 0.266 e. The summed E-state index contributed by atoms with van der Waals surface area (Å²) in [5, 5.41) is 12.1. The van der Waals surface area contributed by atoms with Gasteiger partial charge in [-0.1, -0.05) is 0 Å². The van der Waals surface area contributed by atoms with Gasteiger partial charge in [0.05, 0.1) is 29.8 Å². The van der Waals surface area contributed by atoms with E-state index >= 15 is 0 Å². The first-order valence-electron chi connectivity index (χ1n) is 14.1. The molecule has 0 aliphatic heterocycles. The highest BCUT2D eigenvalue weighted by Crippen LogP contribution is 2.45. The molecule has 2 atom stereocenters. The Morgan fingerprint density at radius 1 is 1.10 bits per heavy atom. The maximum atomic E-state index is 14.1. The molecule has 2 aliphatic rings. The van der Waals surface area contributed by atoms with Crippen LogP contribution in [0, 0.1) is 11.8 Å². The Balaban J connectivity index is 1.49. The van der Waals surface area contributed by atoms with E-state index in [1.165, 1.54) is 0 Å². The van der Waals surface area contributed by atoms with Crippen molar-refractivity contribution in [3.63, 3.8) is 0 Å². The van der Waals surface area contributed by atoms with Crippen LogP contribution in [0.1, 0.15) is 111 Å². The van der Waals surface area contributed by atoms with Crippen molar-refractivity contribution in [2.45, 2.75) is 95.6 Å². The van der Waals surface area contributed by atoms with Crippen LogP contribution in [-0.2, 0) is 4.79 Å². The second-order valence-electron chi connectivity index (χ2n) is 11.6. The summed E-state index contributed by atoms with van der Waals surface area (Å²) in [4.78, 5) is 29.3.